The highest BCUT2D eigenvalue weighted by Crippen LogP contribution is 2.30. The van der Waals surface area contributed by atoms with Crippen LogP contribution in [-0.2, 0) is 12.8 Å². The number of benzene rings is 1. The molecule has 0 spiro atoms. The molecule has 0 fully saturated rings. The van der Waals surface area contributed by atoms with Crippen molar-refractivity contribution < 1.29 is 17.9 Å². The Morgan fingerprint density at radius 3 is 2.55 bits per heavy atom. The second kappa shape index (κ2) is 5.83. The molecule has 0 saturated heterocycles. The van der Waals surface area contributed by atoms with E-state index < -0.39 is 11.7 Å². The van der Waals surface area contributed by atoms with Crippen LogP contribution >= 0.6 is 15.9 Å². The van der Waals surface area contributed by atoms with E-state index >= 15 is 0 Å². The molecule has 1 heterocycles. The highest BCUT2D eigenvalue weighted by Gasteiger charge is 2.30. The normalized spacial score (nSPS) is 11.4. The van der Waals surface area contributed by atoms with E-state index in [-0.39, 0.29) is 6.61 Å². The zero-order valence-corrected chi connectivity index (χ0v) is 12.1. The number of halogens is 4. The maximum Gasteiger partial charge on any atom is 0.416 e. The van der Waals surface area contributed by atoms with Crippen molar-refractivity contribution in [1.29, 1.82) is 0 Å². The molecule has 106 valence electrons. The van der Waals surface area contributed by atoms with Gasteiger partial charge in [0.25, 0.3) is 0 Å². The van der Waals surface area contributed by atoms with Crippen LogP contribution in [0.1, 0.15) is 16.7 Å². The third-order valence-electron chi connectivity index (χ3n) is 2.74. The summed E-state index contributed by atoms with van der Waals surface area (Å²) in [7, 11) is 0. The van der Waals surface area contributed by atoms with Crippen molar-refractivity contribution in [1.82, 2.24) is 4.98 Å². The molecule has 2 rings (SSSR count). The Bertz CT molecular complexity index is 614. The molecule has 2 nitrogen and oxygen atoms in total. The highest BCUT2D eigenvalue weighted by molar-refractivity contribution is 9.10. The molecule has 6 heteroatoms. The van der Waals surface area contributed by atoms with Crippen molar-refractivity contribution in [3.63, 3.8) is 0 Å². The van der Waals surface area contributed by atoms with E-state index in [2.05, 4.69) is 20.9 Å². The molecule has 0 radical (unpaired) electrons. The zero-order chi connectivity index (χ0) is 14.8. The van der Waals surface area contributed by atoms with Crippen molar-refractivity contribution in [3.8, 4) is 5.88 Å². The first kappa shape index (κ1) is 14.8. The van der Waals surface area contributed by atoms with Crippen LogP contribution in [-0.4, -0.2) is 4.98 Å². The Kier molecular flexibility index (Phi) is 4.32. The maximum atomic E-state index is 12.5. The van der Waals surface area contributed by atoms with Gasteiger partial charge in [0.15, 0.2) is 0 Å². The number of rotatable bonds is 3. The molecule has 0 aliphatic rings. The lowest BCUT2D eigenvalue weighted by Crippen LogP contribution is -2.07. The number of hydrogen-bond donors (Lipinski definition) is 0. The average Bonchev–Trinajstić information content (AvgIpc) is 2.36. The highest BCUT2D eigenvalue weighted by atomic mass is 79.9. The number of alkyl halides is 3. The fraction of sp³-hybridized carbons (Fsp3) is 0.214. The molecule has 20 heavy (non-hydrogen) atoms. The molecule has 0 saturated carbocycles. The van der Waals surface area contributed by atoms with Gasteiger partial charge in [0.05, 0.1) is 5.56 Å². The van der Waals surface area contributed by atoms with Gasteiger partial charge in [0, 0.05) is 6.07 Å². The molecule has 0 amide bonds. The summed E-state index contributed by atoms with van der Waals surface area (Å²) in [6, 6.07) is 8.82. The van der Waals surface area contributed by atoms with Crippen molar-refractivity contribution in [2.45, 2.75) is 19.7 Å². The Morgan fingerprint density at radius 1 is 1.20 bits per heavy atom. The van der Waals surface area contributed by atoms with Crippen molar-refractivity contribution in [2.24, 2.45) is 0 Å². The summed E-state index contributed by atoms with van der Waals surface area (Å²) in [6.45, 7) is 1.80. The number of pyridine rings is 1. The Labute approximate surface area is 122 Å². The first-order valence-corrected chi connectivity index (χ1v) is 6.57. The van der Waals surface area contributed by atoms with E-state index in [1.807, 2.05) is 0 Å². The number of nitrogens with zero attached hydrogens (tertiary/aromatic N) is 1. The third kappa shape index (κ3) is 3.72. The van der Waals surface area contributed by atoms with E-state index in [0.29, 0.717) is 21.6 Å². The second-order valence-electron chi connectivity index (χ2n) is 4.23. The lowest BCUT2D eigenvalue weighted by atomic mass is 10.1. The molecular weight excluding hydrogens is 335 g/mol. The first-order valence-electron chi connectivity index (χ1n) is 5.78. The van der Waals surface area contributed by atoms with E-state index in [1.54, 1.807) is 25.1 Å². The van der Waals surface area contributed by atoms with Crippen LogP contribution in [0.2, 0.25) is 0 Å². The first-order chi connectivity index (χ1) is 9.36. The van der Waals surface area contributed by atoms with Gasteiger partial charge in [0.1, 0.15) is 11.2 Å². The van der Waals surface area contributed by atoms with Gasteiger partial charge >= 0.3 is 6.18 Å². The standard InChI is InChI=1S/C14H11BrF3NO/c1-9-7-11(14(16,17)18)6-5-10(9)8-20-13-4-2-3-12(15)19-13/h2-7H,8H2,1H3. The van der Waals surface area contributed by atoms with Crippen LogP contribution < -0.4 is 4.74 Å². The van der Waals surface area contributed by atoms with Gasteiger partial charge in [-0.25, -0.2) is 4.98 Å². The summed E-state index contributed by atoms with van der Waals surface area (Å²) in [4.78, 5) is 4.09. The third-order valence-corrected chi connectivity index (χ3v) is 3.18. The predicted molar refractivity (Wildman–Crippen MR) is 72.5 cm³/mol. The number of ether oxygens (including phenoxy) is 1. The fourth-order valence-electron chi connectivity index (χ4n) is 1.66. The summed E-state index contributed by atoms with van der Waals surface area (Å²) in [5.74, 6) is 0.415. The lowest BCUT2D eigenvalue weighted by molar-refractivity contribution is -0.137. The van der Waals surface area contributed by atoms with Crippen molar-refractivity contribution >= 4 is 15.9 Å². The molecule has 2 aromatic rings. The molecule has 0 bridgehead atoms. The molecular formula is C14H11BrF3NO. The number of aryl methyl sites for hydroxylation is 1. The van der Waals surface area contributed by atoms with E-state index in [0.717, 1.165) is 12.1 Å². The molecule has 0 N–H and O–H groups in total. The summed E-state index contributed by atoms with van der Waals surface area (Å²) in [6.07, 6.45) is -4.32. The summed E-state index contributed by atoms with van der Waals surface area (Å²) >= 11 is 3.22. The minimum atomic E-state index is -4.32. The molecule has 1 aromatic carbocycles. The quantitative estimate of drug-likeness (QED) is 0.749. The molecule has 1 aromatic heterocycles. The molecule has 0 aliphatic heterocycles. The Hall–Kier alpha value is -1.56. The van der Waals surface area contributed by atoms with Crippen LogP contribution in [0.4, 0.5) is 13.2 Å². The molecule has 0 aliphatic carbocycles. The summed E-state index contributed by atoms with van der Waals surface area (Å²) < 4.78 is 43.7. The van der Waals surface area contributed by atoms with Crippen molar-refractivity contribution in [3.05, 3.63) is 57.7 Å². The van der Waals surface area contributed by atoms with Gasteiger partial charge in [0.2, 0.25) is 5.88 Å². The predicted octanol–water partition coefficient (Wildman–Crippen LogP) is 4.75. The van der Waals surface area contributed by atoms with Crippen LogP contribution in [0.5, 0.6) is 5.88 Å². The van der Waals surface area contributed by atoms with E-state index in [4.69, 9.17) is 4.74 Å². The minimum Gasteiger partial charge on any atom is -0.473 e. The SMILES string of the molecule is Cc1cc(C(F)(F)F)ccc1COc1cccc(Br)n1. The lowest BCUT2D eigenvalue weighted by Gasteiger charge is -2.11. The fourth-order valence-corrected chi connectivity index (χ4v) is 1.98. The monoisotopic (exact) mass is 345 g/mol. The maximum absolute atomic E-state index is 12.5. The van der Waals surface area contributed by atoms with Gasteiger partial charge < -0.3 is 4.74 Å². The van der Waals surface area contributed by atoms with Crippen LogP contribution in [0.3, 0.4) is 0 Å². The Balaban J connectivity index is 2.11. The number of aromatic nitrogens is 1. The molecule has 0 unspecified atom stereocenters. The van der Waals surface area contributed by atoms with Gasteiger partial charge in [-0.2, -0.15) is 13.2 Å². The van der Waals surface area contributed by atoms with Crippen LogP contribution in [0.15, 0.2) is 41.0 Å². The van der Waals surface area contributed by atoms with Crippen LogP contribution in [0.25, 0.3) is 0 Å². The van der Waals surface area contributed by atoms with Crippen LogP contribution in [0, 0.1) is 6.92 Å². The molecule has 0 atom stereocenters. The summed E-state index contributed by atoms with van der Waals surface area (Å²) in [5.41, 5.74) is 0.578. The minimum absolute atomic E-state index is 0.174. The van der Waals surface area contributed by atoms with E-state index in [9.17, 15) is 13.2 Å². The van der Waals surface area contributed by atoms with E-state index in [1.165, 1.54) is 6.07 Å². The smallest absolute Gasteiger partial charge is 0.416 e. The topological polar surface area (TPSA) is 22.1 Å². The van der Waals surface area contributed by atoms with Crippen molar-refractivity contribution in [2.75, 3.05) is 0 Å². The van der Waals surface area contributed by atoms with Gasteiger partial charge in [-0.15, -0.1) is 0 Å². The average molecular weight is 346 g/mol. The summed E-state index contributed by atoms with van der Waals surface area (Å²) in [5, 5.41) is 0. The Morgan fingerprint density at radius 2 is 1.95 bits per heavy atom. The zero-order valence-electron chi connectivity index (χ0n) is 10.5. The van der Waals surface area contributed by atoms with Gasteiger partial charge in [-0.3, -0.25) is 0 Å². The van der Waals surface area contributed by atoms with Gasteiger partial charge in [-0.1, -0.05) is 12.1 Å². The second-order valence-corrected chi connectivity index (χ2v) is 5.04. The number of hydrogen-bond acceptors (Lipinski definition) is 2. The van der Waals surface area contributed by atoms with Gasteiger partial charge in [-0.05, 0) is 52.2 Å². The largest absolute Gasteiger partial charge is 0.473 e.